The van der Waals surface area contributed by atoms with Crippen LogP contribution in [-0.2, 0) is 0 Å². The molecule has 0 amide bonds. The number of nitrogens with one attached hydrogen (secondary N) is 1. The van der Waals surface area contributed by atoms with E-state index in [1.807, 2.05) is 6.08 Å². The third kappa shape index (κ3) is 2.76. The molecule has 7 rings (SSSR count). The highest BCUT2D eigenvalue weighted by Gasteiger charge is 2.18. The lowest BCUT2D eigenvalue weighted by molar-refractivity contribution is 0.421. The number of fused-ring (bicyclic) bond motifs is 6. The smallest absolute Gasteiger partial charge is 0.111 e. The number of allylic oxidation sites excluding steroid dienone is 3. The highest BCUT2D eigenvalue weighted by atomic mass is 16.3. The first-order valence-electron chi connectivity index (χ1n) is 11.4. The molecular weight excluding hydrogens is 404 g/mol. The predicted octanol–water partition coefficient (Wildman–Crippen LogP) is 8.04. The highest BCUT2D eigenvalue weighted by Crippen LogP contribution is 2.38. The fraction of sp³-hybridized carbons (Fsp3) is 0.0667. The van der Waals surface area contributed by atoms with Gasteiger partial charge in [0.15, 0.2) is 0 Å². The number of rotatable bonds is 2. The fourth-order valence-electron chi connectivity index (χ4n) is 5.36. The minimum atomic E-state index is 0.191. The zero-order valence-electron chi connectivity index (χ0n) is 18.0. The summed E-state index contributed by atoms with van der Waals surface area (Å²) in [6.07, 6.45) is 6.59. The van der Waals surface area contributed by atoms with E-state index in [1.54, 1.807) is 6.08 Å². The molecule has 158 valence electrons. The number of para-hydroxylation sites is 2. The van der Waals surface area contributed by atoms with Crippen LogP contribution in [-0.4, -0.2) is 14.7 Å². The molecule has 33 heavy (non-hydrogen) atoms. The molecule has 6 aromatic rings. The number of aliphatic hydroxyl groups is 1. The van der Waals surface area contributed by atoms with Crippen molar-refractivity contribution in [3.05, 3.63) is 109 Å². The van der Waals surface area contributed by atoms with Crippen LogP contribution in [0.4, 0.5) is 0 Å². The van der Waals surface area contributed by atoms with Crippen molar-refractivity contribution in [2.24, 2.45) is 0 Å². The van der Waals surface area contributed by atoms with Crippen LogP contribution in [0.5, 0.6) is 0 Å². The zero-order valence-corrected chi connectivity index (χ0v) is 18.0. The lowest BCUT2D eigenvalue weighted by atomic mass is 10.0. The molecule has 3 nitrogen and oxygen atoms in total. The standard InChI is InChI=1S/C30H22N2O/c33-22-13-11-21(12-14-22)32-29-8-4-2-6-24(29)26-18-20(10-16-30(26)32)19-9-15-28-25(17-19)23-5-1-3-7-27(23)31-28/h1-11,13-18,21,31,33H,12H2. The van der Waals surface area contributed by atoms with Gasteiger partial charge in [-0.05, 0) is 66.1 Å². The number of nitrogens with zero attached hydrogens (tertiary/aromatic N) is 1. The van der Waals surface area contributed by atoms with Crippen molar-refractivity contribution in [1.82, 2.24) is 9.55 Å². The van der Waals surface area contributed by atoms with E-state index >= 15 is 0 Å². The second-order valence-corrected chi connectivity index (χ2v) is 8.84. The maximum atomic E-state index is 9.80. The van der Waals surface area contributed by atoms with Crippen LogP contribution < -0.4 is 0 Å². The molecule has 1 aliphatic carbocycles. The zero-order chi connectivity index (χ0) is 21.9. The Bertz CT molecular complexity index is 1760. The second-order valence-electron chi connectivity index (χ2n) is 8.84. The van der Waals surface area contributed by atoms with Crippen molar-refractivity contribution in [2.45, 2.75) is 12.5 Å². The van der Waals surface area contributed by atoms with Gasteiger partial charge in [0, 0.05) is 43.6 Å². The summed E-state index contributed by atoms with van der Waals surface area (Å²) in [4.78, 5) is 3.52. The predicted molar refractivity (Wildman–Crippen MR) is 138 cm³/mol. The van der Waals surface area contributed by atoms with E-state index < -0.39 is 0 Å². The third-order valence-corrected chi connectivity index (χ3v) is 6.94. The molecular formula is C30H22N2O. The Hall–Kier alpha value is -4.24. The summed E-state index contributed by atoms with van der Waals surface area (Å²) >= 11 is 0. The van der Waals surface area contributed by atoms with Crippen molar-refractivity contribution in [3.63, 3.8) is 0 Å². The minimum absolute atomic E-state index is 0.191. The molecule has 1 atom stereocenters. The van der Waals surface area contributed by atoms with Gasteiger partial charge in [0.25, 0.3) is 0 Å². The number of hydrogen-bond donors (Lipinski definition) is 2. The van der Waals surface area contributed by atoms with E-state index in [0.717, 1.165) is 11.9 Å². The first kappa shape index (κ1) is 18.3. The molecule has 2 aromatic heterocycles. The molecule has 4 aromatic carbocycles. The van der Waals surface area contributed by atoms with Gasteiger partial charge in [0.05, 0.1) is 6.04 Å². The second kappa shape index (κ2) is 6.88. The molecule has 0 radical (unpaired) electrons. The Morgan fingerprint density at radius 1 is 0.697 bits per heavy atom. The van der Waals surface area contributed by atoms with Gasteiger partial charge in [-0.1, -0.05) is 54.6 Å². The molecule has 2 N–H and O–H groups in total. The lowest BCUT2D eigenvalue weighted by Crippen LogP contribution is -2.07. The Morgan fingerprint density at radius 2 is 1.39 bits per heavy atom. The van der Waals surface area contributed by atoms with E-state index in [1.165, 1.54) is 49.2 Å². The van der Waals surface area contributed by atoms with Gasteiger partial charge < -0.3 is 14.7 Å². The first-order valence-corrected chi connectivity index (χ1v) is 11.4. The molecule has 1 unspecified atom stereocenters. The van der Waals surface area contributed by atoms with Crippen LogP contribution in [0, 0.1) is 0 Å². The molecule has 0 saturated heterocycles. The van der Waals surface area contributed by atoms with Gasteiger partial charge in [-0.15, -0.1) is 0 Å². The van der Waals surface area contributed by atoms with Crippen LogP contribution in [0.3, 0.4) is 0 Å². The van der Waals surface area contributed by atoms with Crippen molar-refractivity contribution in [3.8, 4) is 11.1 Å². The summed E-state index contributed by atoms with van der Waals surface area (Å²) < 4.78 is 2.40. The number of aromatic nitrogens is 2. The summed E-state index contributed by atoms with van der Waals surface area (Å²) in [6.45, 7) is 0. The Labute approximate surface area is 190 Å². The van der Waals surface area contributed by atoms with Crippen LogP contribution >= 0.6 is 0 Å². The Morgan fingerprint density at radius 3 is 2.24 bits per heavy atom. The van der Waals surface area contributed by atoms with E-state index in [4.69, 9.17) is 0 Å². The molecule has 3 heteroatoms. The molecule has 0 bridgehead atoms. The van der Waals surface area contributed by atoms with E-state index in [2.05, 4.69) is 101 Å². The molecule has 0 aliphatic heterocycles. The van der Waals surface area contributed by atoms with Gasteiger partial charge in [-0.25, -0.2) is 0 Å². The van der Waals surface area contributed by atoms with Crippen molar-refractivity contribution in [1.29, 1.82) is 0 Å². The topological polar surface area (TPSA) is 41.0 Å². The minimum Gasteiger partial charge on any atom is -0.508 e. The summed E-state index contributed by atoms with van der Waals surface area (Å²) in [5, 5.41) is 14.8. The number of aliphatic hydroxyl groups excluding tert-OH is 1. The van der Waals surface area contributed by atoms with Crippen molar-refractivity contribution >= 4 is 43.6 Å². The van der Waals surface area contributed by atoms with E-state index in [0.29, 0.717) is 5.76 Å². The highest BCUT2D eigenvalue weighted by molar-refractivity contribution is 6.11. The van der Waals surface area contributed by atoms with Crippen LogP contribution in [0.15, 0.2) is 109 Å². The van der Waals surface area contributed by atoms with Gasteiger partial charge in [0.1, 0.15) is 5.76 Å². The van der Waals surface area contributed by atoms with E-state index in [-0.39, 0.29) is 6.04 Å². The average molecular weight is 427 g/mol. The molecule has 0 saturated carbocycles. The summed E-state index contributed by atoms with van der Waals surface area (Å²) in [5.41, 5.74) is 7.21. The van der Waals surface area contributed by atoms with Crippen LogP contribution in [0.1, 0.15) is 12.5 Å². The summed E-state index contributed by atoms with van der Waals surface area (Å²) in [5.74, 6) is 0.349. The van der Waals surface area contributed by atoms with Crippen LogP contribution in [0.2, 0.25) is 0 Å². The quantitative estimate of drug-likeness (QED) is 0.289. The van der Waals surface area contributed by atoms with Gasteiger partial charge in [0.2, 0.25) is 0 Å². The third-order valence-electron chi connectivity index (χ3n) is 6.94. The Balaban J connectivity index is 1.43. The van der Waals surface area contributed by atoms with Crippen LogP contribution in [0.25, 0.3) is 54.7 Å². The molecule has 1 aliphatic rings. The number of H-pyrrole nitrogens is 1. The number of benzene rings is 4. The molecule has 0 spiro atoms. The lowest BCUT2D eigenvalue weighted by Gasteiger charge is -2.19. The normalized spacial score (nSPS) is 16.2. The molecule has 0 fully saturated rings. The van der Waals surface area contributed by atoms with Crippen molar-refractivity contribution < 1.29 is 5.11 Å². The van der Waals surface area contributed by atoms with Gasteiger partial charge >= 0.3 is 0 Å². The number of aromatic amines is 1. The summed E-state index contributed by atoms with van der Waals surface area (Å²) in [6, 6.07) is 30.8. The van der Waals surface area contributed by atoms with Crippen molar-refractivity contribution in [2.75, 3.05) is 0 Å². The first-order chi connectivity index (χ1) is 16.3. The fourth-order valence-corrected chi connectivity index (χ4v) is 5.36. The summed E-state index contributed by atoms with van der Waals surface area (Å²) in [7, 11) is 0. The SMILES string of the molecule is OC1=CCC(n2c3ccccc3c3cc(-c4ccc5[nH]c6ccccc6c5c4)ccc32)C=C1. The number of hydrogen-bond acceptors (Lipinski definition) is 1. The van der Waals surface area contributed by atoms with Gasteiger partial charge in [-0.3, -0.25) is 0 Å². The largest absolute Gasteiger partial charge is 0.508 e. The Kier molecular flexibility index (Phi) is 3.82. The molecule has 2 heterocycles. The monoisotopic (exact) mass is 426 g/mol. The maximum absolute atomic E-state index is 9.80. The average Bonchev–Trinajstić information content (AvgIpc) is 3.39. The maximum Gasteiger partial charge on any atom is 0.111 e. The van der Waals surface area contributed by atoms with Gasteiger partial charge in [-0.2, -0.15) is 0 Å². The van der Waals surface area contributed by atoms with E-state index in [9.17, 15) is 5.11 Å².